The fraction of sp³-hybridized carbons (Fsp3) is 0.172. The van der Waals surface area contributed by atoms with Crippen LogP contribution in [0, 0.1) is 12.3 Å². The minimum absolute atomic E-state index is 0.0250. The SMILES string of the molecule is CCOc1cc(/C=C2/C(=N)N3N=C(c4ccc(C)cc4)SC3=NC2=O)ccc1OCCOc1ccc(Br)cc1. The Labute approximate surface area is 239 Å². The fourth-order valence-corrected chi connectivity index (χ4v) is 4.98. The summed E-state index contributed by atoms with van der Waals surface area (Å²) in [7, 11) is 0. The van der Waals surface area contributed by atoms with Crippen LogP contribution in [0.4, 0.5) is 0 Å². The van der Waals surface area contributed by atoms with E-state index in [0.717, 1.165) is 21.3 Å². The molecule has 0 aliphatic carbocycles. The average molecular weight is 606 g/mol. The van der Waals surface area contributed by atoms with Crippen molar-refractivity contribution in [3.63, 3.8) is 0 Å². The average Bonchev–Trinajstić information content (AvgIpc) is 3.35. The Morgan fingerprint density at radius 2 is 1.72 bits per heavy atom. The van der Waals surface area contributed by atoms with Crippen LogP contribution in [0.3, 0.4) is 0 Å². The van der Waals surface area contributed by atoms with Gasteiger partial charge in [0.05, 0.1) is 12.2 Å². The second-order valence-corrected chi connectivity index (χ2v) is 10.5. The Hall–Kier alpha value is -3.89. The Kier molecular flexibility index (Phi) is 8.13. The van der Waals surface area contributed by atoms with Crippen LogP contribution in [0.15, 0.2) is 86.9 Å². The van der Waals surface area contributed by atoms with Gasteiger partial charge in [-0.15, -0.1) is 0 Å². The maximum atomic E-state index is 12.9. The number of nitrogens with one attached hydrogen (secondary N) is 1. The molecule has 0 spiro atoms. The summed E-state index contributed by atoms with van der Waals surface area (Å²) in [6, 6.07) is 20.9. The van der Waals surface area contributed by atoms with Crippen molar-refractivity contribution in [2.75, 3.05) is 19.8 Å². The molecule has 1 N–H and O–H groups in total. The van der Waals surface area contributed by atoms with Crippen LogP contribution >= 0.6 is 27.7 Å². The predicted molar refractivity (Wildman–Crippen MR) is 158 cm³/mol. The molecule has 0 saturated carbocycles. The number of hydrazone groups is 1. The number of fused-ring (bicyclic) bond motifs is 1. The van der Waals surface area contributed by atoms with E-state index in [4.69, 9.17) is 19.6 Å². The van der Waals surface area contributed by atoms with E-state index in [1.54, 1.807) is 24.3 Å². The molecule has 0 radical (unpaired) electrons. The summed E-state index contributed by atoms with van der Waals surface area (Å²) < 4.78 is 18.4. The van der Waals surface area contributed by atoms with Gasteiger partial charge in [0.2, 0.25) is 5.17 Å². The normalized spacial score (nSPS) is 15.7. The zero-order chi connectivity index (χ0) is 27.4. The van der Waals surface area contributed by atoms with Gasteiger partial charge >= 0.3 is 0 Å². The van der Waals surface area contributed by atoms with E-state index in [1.165, 1.54) is 16.8 Å². The van der Waals surface area contributed by atoms with E-state index in [-0.39, 0.29) is 11.4 Å². The summed E-state index contributed by atoms with van der Waals surface area (Å²) in [6.45, 7) is 5.03. The third-order valence-corrected chi connectivity index (χ3v) is 7.24. The van der Waals surface area contributed by atoms with Gasteiger partial charge in [-0.05, 0) is 73.6 Å². The largest absolute Gasteiger partial charge is 0.490 e. The molecule has 198 valence electrons. The number of benzene rings is 3. The summed E-state index contributed by atoms with van der Waals surface area (Å²) in [5, 5.41) is 15.7. The number of hydrogen-bond acceptors (Lipinski definition) is 7. The highest BCUT2D eigenvalue weighted by Gasteiger charge is 2.36. The number of halogens is 1. The molecule has 3 aromatic carbocycles. The van der Waals surface area contributed by atoms with Gasteiger partial charge in [-0.2, -0.15) is 15.1 Å². The standard InChI is InChI=1S/C29H25BrN4O4S/c1-3-36-25-17-19(6-13-24(25)38-15-14-37-22-11-9-21(30)10-12-22)16-23-26(31)34-29(32-27(23)35)39-28(33-34)20-7-4-18(2)5-8-20/h4-13,16-17,31H,3,14-15H2,1-2H3/b23-16-,31-26?. The summed E-state index contributed by atoms with van der Waals surface area (Å²) >= 11 is 4.68. The molecular weight excluding hydrogens is 580 g/mol. The van der Waals surface area contributed by atoms with Crippen LogP contribution in [0.25, 0.3) is 6.08 Å². The van der Waals surface area contributed by atoms with Crippen molar-refractivity contribution < 1.29 is 19.0 Å². The molecule has 8 nitrogen and oxygen atoms in total. The van der Waals surface area contributed by atoms with E-state index < -0.39 is 5.91 Å². The molecule has 0 aromatic heterocycles. The van der Waals surface area contributed by atoms with Crippen LogP contribution in [-0.4, -0.2) is 46.8 Å². The number of aliphatic imine (C=N–C) groups is 1. The van der Waals surface area contributed by atoms with E-state index in [9.17, 15) is 4.79 Å². The lowest BCUT2D eigenvalue weighted by Crippen LogP contribution is -2.35. The van der Waals surface area contributed by atoms with Crippen molar-refractivity contribution in [1.82, 2.24) is 5.01 Å². The molecule has 0 unspecified atom stereocenters. The molecule has 5 rings (SSSR count). The van der Waals surface area contributed by atoms with Crippen LogP contribution in [0.1, 0.15) is 23.6 Å². The summed E-state index contributed by atoms with van der Waals surface area (Å²) in [6.07, 6.45) is 1.62. The number of thioether (sulfide) groups is 1. The quantitative estimate of drug-likeness (QED) is 0.228. The first-order valence-electron chi connectivity index (χ1n) is 12.3. The molecule has 0 fully saturated rings. The van der Waals surface area contributed by atoms with Crippen LogP contribution in [0.5, 0.6) is 17.2 Å². The second kappa shape index (κ2) is 11.9. The summed E-state index contributed by atoms with van der Waals surface area (Å²) in [5.74, 6) is 1.34. The first-order chi connectivity index (χ1) is 18.9. The van der Waals surface area contributed by atoms with Crippen LogP contribution < -0.4 is 14.2 Å². The molecule has 1 amide bonds. The lowest BCUT2D eigenvalue weighted by Gasteiger charge is -2.20. The van der Waals surface area contributed by atoms with Crippen molar-refractivity contribution in [1.29, 1.82) is 5.41 Å². The zero-order valence-electron chi connectivity index (χ0n) is 21.3. The minimum atomic E-state index is -0.484. The molecule has 2 aliphatic heterocycles. The Morgan fingerprint density at radius 3 is 2.46 bits per heavy atom. The number of hydrogen-bond donors (Lipinski definition) is 1. The highest BCUT2D eigenvalue weighted by atomic mass is 79.9. The molecule has 2 aliphatic rings. The smallest absolute Gasteiger partial charge is 0.283 e. The van der Waals surface area contributed by atoms with E-state index >= 15 is 0 Å². The number of aryl methyl sites for hydroxylation is 1. The topological polar surface area (TPSA) is 96.6 Å². The summed E-state index contributed by atoms with van der Waals surface area (Å²) in [5.41, 5.74) is 2.88. The van der Waals surface area contributed by atoms with Crippen molar-refractivity contribution in [2.24, 2.45) is 10.1 Å². The Balaban J connectivity index is 1.30. The lowest BCUT2D eigenvalue weighted by atomic mass is 10.1. The van der Waals surface area contributed by atoms with Gasteiger partial charge in [-0.1, -0.05) is 51.8 Å². The van der Waals surface area contributed by atoms with Crippen molar-refractivity contribution in [3.8, 4) is 17.2 Å². The number of nitrogens with zero attached hydrogens (tertiary/aromatic N) is 3. The third-order valence-electron chi connectivity index (χ3n) is 5.75. The van der Waals surface area contributed by atoms with Crippen LogP contribution in [-0.2, 0) is 4.79 Å². The highest BCUT2D eigenvalue weighted by molar-refractivity contribution is 9.10. The van der Waals surface area contributed by atoms with E-state index in [2.05, 4.69) is 26.0 Å². The lowest BCUT2D eigenvalue weighted by molar-refractivity contribution is -0.114. The minimum Gasteiger partial charge on any atom is -0.490 e. The predicted octanol–water partition coefficient (Wildman–Crippen LogP) is 6.28. The Bertz CT molecular complexity index is 1500. The van der Waals surface area contributed by atoms with Gasteiger partial charge < -0.3 is 14.2 Å². The highest BCUT2D eigenvalue weighted by Crippen LogP contribution is 2.33. The first kappa shape index (κ1) is 26.7. The van der Waals surface area contributed by atoms with Gasteiger partial charge in [0.25, 0.3) is 5.91 Å². The number of amides is 1. The molecule has 10 heteroatoms. The third kappa shape index (κ3) is 6.23. The van der Waals surface area contributed by atoms with Crippen molar-refractivity contribution >= 4 is 55.7 Å². The number of carbonyl (C=O) groups excluding carboxylic acids is 1. The molecule has 2 heterocycles. The number of rotatable bonds is 9. The van der Waals surface area contributed by atoms with Gasteiger partial charge in [-0.3, -0.25) is 10.2 Å². The van der Waals surface area contributed by atoms with E-state index in [1.807, 2.05) is 62.4 Å². The number of amidine groups is 2. The Morgan fingerprint density at radius 1 is 0.974 bits per heavy atom. The molecule has 39 heavy (non-hydrogen) atoms. The van der Waals surface area contributed by atoms with Gasteiger partial charge in [0, 0.05) is 10.0 Å². The number of carbonyl (C=O) groups is 1. The molecular formula is C29H25BrN4O4S. The maximum absolute atomic E-state index is 12.9. The molecule has 3 aromatic rings. The fourth-order valence-electron chi connectivity index (χ4n) is 3.82. The molecule has 0 atom stereocenters. The van der Waals surface area contributed by atoms with Crippen molar-refractivity contribution in [3.05, 3.63) is 93.5 Å². The number of ether oxygens (including phenoxy) is 3. The monoisotopic (exact) mass is 604 g/mol. The van der Waals surface area contributed by atoms with E-state index in [0.29, 0.717) is 47.1 Å². The maximum Gasteiger partial charge on any atom is 0.283 e. The van der Waals surface area contributed by atoms with Crippen LogP contribution in [0.2, 0.25) is 0 Å². The molecule has 0 bridgehead atoms. The van der Waals surface area contributed by atoms with Gasteiger partial charge in [0.1, 0.15) is 24.0 Å². The van der Waals surface area contributed by atoms with Crippen molar-refractivity contribution in [2.45, 2.75) is 13.8 Å². The molecule has 0 saturated heterocycles. The zero-order valence-corrected chi connectivity index (χ0v) is 23.7. The van der Waals surface area contributed by atoms with Gasteiger partial charge in [-0.25, -0.2) is 0 Å². The first-order valence-corrected chi connectivity index (χ1v) is 13.9. The van der Waals surface area contributed by atoms with Gasteiger partial charge in [0.15, 0.2) is 17.3 Å². The second-order valence-electron chi connectivity index (χ2n) is 8.58. The summed E-state index contributed by atoms with van der Waals surface area (Å²) in [4.78, 5) is 17.1.